The van der Waals surface area contributed by atoms with Crippen LogP contribution in [-0.4, -0.2) is 48.8 Å². The minimum absolute atomic E-state index is 0. The Bertz CT molecular complexity index is 753. The smallest absolute Gasteiger partial charge is 0.314 e. The van der Waals surface area contributed by atoms with Gasteiger partial charge in [-0.15, -0.1) is 12.4 Å². The summed E-state index contributed by atoms with van der Waals surface area (Å²) in [6.07, 6.45) is 1.51. The Morgan fingerprint density at radius 1 is 1.15 bits per heavy atom. The molecule has 1 aliphatic rings. The van der Waals surface area contributed by atoms with Crippen LogP contribution in [0.15, 0.2) is 42.5 Å². The van der Waals surface area contributed by atoms with E-state index >= 15 is 0 Å². The molecule has 4 nitrogen and oxygen atoms in total. The summed E-state index contributed by atoms with van der Waals surface area (Å²) in [7, 11) is 0. The lowest BCUT2D eigenvalue weighted by atomic mass is 9.67. The average Bonchev–Trinajstić information content (AvgIpc) is 2.65. The maximum Gasteiger partial charge on any atom is 0.314 e. The number of morpholine rings is 1. The predicted octanol–water partition coefficient (Wildman–Crippen LogP) is 4.35. The maximum atomic E-state index is 12.6. The van der Waals surface area contributed by atoms with Crippen LogP contribution in [0.25, 0.3) is 10.8 Å². The number of fused-ring (bicyclic) bond motifs is 1. The fourth-order valence-corrected chi connectivity index (χ4v) is 4.22. The number of carboxylic acid groups (broad SMARTS) is 1. The van der Waals surface area contributed by atoms with Crippen LogP contribution < -0.4 is 0 Å². The van der Waals surface area contributed by atoms with Crippen molar-refractivity contribution in [1.82, 2.24) is 4.90 Å². The largest absolute Gasteiger partial charge is 0.481 e. The van der Waals surface area contributed by atoms with Gasteiger partial charge in [-0.2, -0.15) is 0 Å². The summed E-state index contributed by atoms with van der Waals surface area (Å²) >= 11 is 0. The molecule has 2 aromatic carbocycles. The number of hydrogen-bond donors (Lipinski definition) is 1. The van der Waals surface area contributed by atoms with Crippen molar-refractivity contribution in [2.45, 2.75) is 32.1 Å². The molecule has 0 aromatic heterocycles. The van der Waals surface area contributed by atoms with E-state index in [1.54, 1.807) is 0 Å². The summed E-state index contributed by atoms with van der Waals surface area (Å²) < 4.78 is 5.41. The van der Waals surface area contributed by atoms with Gasteiger partial charge in [0, 0.05) is 13.1 Å². The minimum atomic E-state index is -0.868. The molecule has 1 fully saturated rings. The van der Waals surface area contributed by atoms with Gasteiger partial charge < -0.3 is 9.84 Å². The van der Waals surface area contributed by atoms with Crippen LogP contribution in [0, 0.1) is 5.92 Å². The number of hydrogen-bond acceptors (Lipinski definition) is 3. The van der Waals surface area contributed by atoms with Crippen molar-refractivity contribution in [1.29, 1.82) is 0 Å². The molecule has 0 spiro atoms. The molecule has 0 amide bonds. The van der Waals surface area contributed by atoms with Crippen molar-refractivity contribution in [3.63, 3.8) is 0 Å². The standard InChI is InChI=1S/C22H29NO3.ClH/c1-17(2)22(21(24)25,11-6-12-23-13-15-26-16-14-23)20-10-5-8-18-7-3-4-9-19(18)20;/h3-5,7-10,17H,6,11-16H2,1-2H3,(H,24,25);1H. The first-order valence-electron chi connectivity index (χ1n) is 9.57. The van der Waals surface area contributed by atoms with E-state index in [1.807, 2.05) is 44.2 Å². The third-order valence-electron chi connectivity index (χ3n) is 5.79. The van der Waals surface area contributed by atoms with E-state index in [0.717, 1.165) is 55.6 Å². The van der Waals surface area contributed by atoms with Crippen LogP contribution in [0.2, 0.25) is 0 Å². The molecule has 0 radical (unpaired) electrons. The van der Waals surface area contributed by atoms with Gasteiger partial charge in [0.2, 0.25) is 0 Å². The third-order valence-corrected chi connectivity index (χ3v) is 5.79. The molecular weight excluding hydrogens is 362 g/mol. The SMILES string of the molecule is CC(C)C(CCCN1CCOCC1)(C(=O)O)c1cccc2ccccc12.Cl. The Balaban J connectivity index is 0.00000261. The van der Waals surface area contributed by atoms with Crippen LogP contribution in [0.5, 0.6) is 0 Å². The lowest BCUT2D eigenvalue weighted by Crippen LogP contribution is -2.43. The molecule has 27 heavy (non-hydrogen) atoms. The Labute approximate surface area is 167 Å². The highest BCUT2D eigenvalue weighted by Gasteiger charge is 2.43. The van der Waals surface area contributed by atoms with Crippen molar-refractivity contribution >= 4 is 29.1 Å². The molecule has 1 aliphatic heterocycles. The van der Waals surface area contributed by atoms with Crippen LogP contribution in [0.3, 0.4) is 0 Å². The van der Waals surface area contributed by atoms with E-state index in [2.05, 4.69) is 17.0 Å². The number of halogens is 1. The van der Waals surface area contributed by atoms with E-state index in [4.69, 9.17) is 4.74 Å². The number of carbonyl (C=O) groups is 1. The van der Waals surface area contributed by atoms with Crippen LogP contribution >= 0.6 is 12.4 Å². The molecule has 0 bridgehead atoms. The predicted molar refractivity (Wildman–Crippen MR) is 112 cm³/mol. The molecule has 3 rings (SSSR count). The zero-order valence-corrected chi connectivity index (χ0v) is 17.0. The third kappa shape index (κ3) is 4.45. The van der Waals surface area contributed by atoms with Gasteiger partial charge in [-0.25, -0.2) is 0 Å². The quantitative estimate of drug-likeness (QED) is 0.762. The summed E-state index contributed by atoms with van der Waals surface area (Å²) in [5.41, 5.74) is 0.0766. The zero-order valence-electron chi connectivity index (χ0n) is 16.2. The minimum Gasteiger partial charge on any atom is -0.481 e. The average molecular weight is 392 g/mol. The molecule has 1 unspecified atom stereocenters. The molecular formula is C22H30ClNO3. The van der Waals surface area contributed by atoms with Gasteiger partial charge in [0.25, 0.3) is 0 Å². The fraction of sp³-hybridized carbons (Fsp3) is 0.500. The number of rotatable bonds is 7. The summed E-state index contributed by atoms with van der Waals surface area (Å²) in [5, 5.41) is 12.5. The second-order valence-electron chi connectivity index (χ2n) is 7.52. The van der Waals surface area contributed by atoms with Gasteiger partial charge in [-0.1, -0.05) is 56.3 Å². The lowest BCUT2D eigenvalue weighted by Gasteiger charge is -2.36. The molecule has 0 saturated carbocycles. The first-order chi connectivity index (χ1) is 12.6. The number of nitrogens with zero attached hydrogens (tertiary/aromatic N) is 1. The number of ether oxygens (including phenoxy) is 1. The van der Waals surface area contributed by atoms with Crippen molar-refractivity contribution < 1.29 is 14.6 Å². The summed E-state index contributed by atoms with van der Waals surface area (Å²) in [5.74, 6) is -0.707. The highest BCUT2D eigenvalue weighted by atomic mass is 35.5. The lowest BCUT2D eigenvalue weighted by molar-refractivity contribution is -0.146. The number of benzene rings is 2. The highest BCUT2D eigenvalue weighted by Crippen LogP contribution is 2.41. The van der Waals surface area contributed by atoms with Crippen LogP contribution in [-0.2, 0) is 14.9 Å². The normalized spacial score (nSPS) is 17.4. The second-order valence-corrected chi connectivity index (χ2v) is 7.52. The van der Waals surface area contributed by atoms with Gasteiger partial charge in [0.05, 0.1) is 18.6 Å². The molecule has 5 heteroatoms. The Hall–Kier alpha value is -1.62. The van der Waals surface area contributed by atoms with Crippen LogP contribution in [0.4, 0.5) is 0 Å². The van der Waals surface area contributed by atoms with Crippen molar-refractivity contribution in [2.75, 3.05) is 32.8 Å². The second kappa shape index (κ2) is 9.54. The maximum absolute atomic E-state index is 12.6. The first-order valence-corrected chi connectivity index (χ1v) is 9.57. The first kappa shape index (κ1) is 21.7. The number of carboxylic acids is 1. The van der Waals surface area contributed by atoms with Gasteiger partial charge in [-0.3, -0.25) is 9.69 Å². The van der Waals surface area contributed by atoms with Gasteiger partial charge in [0.1, 0.15) is 0 Å². The zero-order chi connectivity index (χ0) is 18.6. The van der Waals surface area contributed by atoms with E-state index in [-0.39, 0.29) is 18.3 Å². The molecule has 0 aliphatic carbocycles. The Morgan fingerprint density at radius 2 is 1.81 bits per heavy atom. The van der Waals surface area contributed by atoms with Gasteiger partial charge >= 0.3 is 5.97 Å². The van der Waals surface area contributed by atoms with Crippen molar-refractivity contribution in [3.05, 3.63) is 48.0 Å². The van der Waals surface area contributed by atoms with Gasteiger partial charge in [-0.05, 0) is 41.6 Å². The van der Waals surface area contributed by atoms with Crippen molar-refractivity contribution in [3.8, 4) is 0 Å². The molecule has 1 heterocycles. The molecule has 1 saturated heterocycles. The Kier molecular flexibility index (Phi) is 7.66. The van der Waals surface area contributed by atoms with Crippen molar-refractivity contribution in [2.24, 2.45) is 5.92 Å². The van der Waals surface area contributed by atoms with E-state index in [0.29, 0.717) is 6.42 Å². The highest BCUT2D eigenvalue weighted by molar-refractivity contribution is 5.93. The van der Waals surface area contributed by atoms with E-state index < -0.39 is 11.4 Å². The monoisotopic (exact) mass is 391 g/mol. The van der Waals surface area contributed by atoms with E-state index in [9.17, 15) is 9.90 Å². The Morgan fingerprint density at radius 3 is 2.48 bits per heavy atom. The molecule has 1 N–H and O–H groups in total. The topological polar surface area (TPSA) is 49.8 Å². The molecule has 1 atom stereocenters. The number of aliphatic carboxylic acids is 1. The molecule has 148 valence electrons. The summed E-state index contributed by atoms with van der Waals surface area (Å²) in [6, 6.07) is 14.1. The van der Waals surface area contributed by atoms with Crippen LogP contribution in [0.1, 0.15) is 32.3 Å². The molecule has 2 aromatic rings. The van der Waals surface area contributed by atoms with Gasteiger partial charge in [0.15, 0.2) is 0 Å². The summed E-state index contributed by atoms with van der Waals surface area (Å²) in [4.78, 5) is 14.9. The van der Waals surface area contributed by atoms with E-state index in [1.165, 1.54) is 0 Å². The summed E-state index contributed by atoms with van der Waals surface area (Å²) in [6.45, 7) is 8.42. The fourth-order valence-electron chi connectivity index (χ4n) is 4.22.